The normalized spacial score (nSPS) is 14.4. The minimum Gasteiger partial charge on any atom is -0.380 e. The highest BCUT2D eigenvalue weighted by Crippen LogP contribution is 2.31. The molecule has 1 saturated carbocycles. The van der Waals surface area contributed by atoms with Gasteiger partial charge in [0.2, 0.25) is 0 Å². The number of anilines is 1. The first kappa shape index (κ1) is 15.8. The second-order valence-corrected chi connectivity index (χ2v) is 5.69. The van der Waals surface area contributed by atoms with Crippen LogP contribution in [0.5, 0.6) is 0 Å². The molecule has 0 unspecified atom stereocenters. The summed E-state index contributed by atoms with van der Waals surface area (Å²) < 4.78 is 0. The minimum atomic E-state index is -0.297. The summed E-state index contributed by atoms with van der Waals surface area (Å²) in [4.78, 5) is 13.4. The maximum absolute atomic E-state index is 11.2. The van der Waals surface area contributed by atoms with Crippen LogP contribution in [0.4, 0.5) is 11.4 Å². The fraction of sp³-hybridized carbons (Fsp3) is 0.625. The Bertz CT molecular complexity index is 486. The average molecular weight is 291 g/mol. The van der Waals surface area contributed by atoms with Crippen molar-refractivity contribution in [2.45, 2.75) is 52.1 Å². The Morgan fingerprint density at radius 3 is 2.71 bits per heavy atom. The molecule has 0 atom stereocenters. The summed E-state index contributed by atoms with van der Waals surface area (Å²) in [5.41, 5.74) is 1.82. The van der Waals surface area contributed by atoms with Crippen LogP contribution in [-0.2, 0) is 6.54 Å². The summed E-state index contributed by atoms with van der Waals surface area (Å²) in [6.07, 6.45) is 4.90. The molecule has 1 aliphatic carbocycles. The topological polar surface area (TPSA) is 58.4 Å². The molecule has 0 saturated heterocycles. The van der Waals surface area contributed by atoms with Crippen molar-refractivity contribution >= 4 is 11.4 Å². The van der Waals surface area contributed by atoms with Crippen molar-refractivity contribution in [1.82, 2.24) is 4.90 Å². The van der Waals surface area contributed by atoms with Gasteiger partial charge in [0, 0.05) is 25.2 Å². The lowest BCUT2D eigenvalue weighted by Crippen LogP contribution is -2.26. The van der Waals surface area contributed by atoms with Crippen LogP contribution in [0.2, 0.25) is 0 Å². The van der Waals surface area contributed by atoms with Gasteiger partial charge in [-0.05, 0) is 44.4 Å². The standard InChI is InChI=1S/C16H25N3O2/c1-3-5-10-18(14-7-8-14)12-13-6-9-15(17-4-2)16(11-13)19(20)21/h6,9,11,14,17H,3-5,7-8,10,12H2,1-2H3. The van der Waals surface area contributed by atoms with Crippen LogP contribution in [0.1, 0.15) is 45.1 Å². The minimum absolute atomic E-state index is 0.181. The lowest BCUT2D eigenvalue weighted by Gasteiger charge is -2.22. The summed E-state index contributed by atoms with van der Waals surface area (Å²) in [5, 5.41) is 14.3. The van der Waals surface area contributed by atoms with E-state index in [1.54, 1.807) is 6.07 Å². The van der Waals surface area contributed by atoms with Gasteiger partial charge < -0.3 is 5.32 Å². The number of hydrogen-bond donors (Lipinski definition) is 1. The summed E-state index contributed by atoms with van der Waals surface area (Å²) in [6, 6.07) is 6.25. The predicted molar refractivity (Wildman–Crippen MR) is 85.6 cm³/mol. The summed E-state index contributed by atoms with van der Waals surface area (Å²) in [6.45, 7) is 6.73. The lowest BCUT2D eigenvalue weighted by atomic mass is 10.1. The molecule has 5 heteroatoms. The lowest BCUT2D eigenvalue weighted by molar-refractivity contribution is -0.384. The molecule has 5 nitrogen and oxygen atoms in total. The van der Waals surface area contributed by atoms with Crippen LogP contribution in [0.25, 0.3) is 0 Å². The van der Waals surface area contributed by atoms with Gasteiger partial charge in [0.15, 0.2) is 0 Å². The Hall–Kier alpha value is -1.62. The maximum Gasteiger partial charge on any atom is 0.292 e. The van der Waals surface area contributed by atoms with Crippen molar-refractivity contribution in [3.63, 3.8) is 0 Å². The van der Waals surface area contributed by atoms with Crippen molar-refractivity contribution in [3.8, 4) is 0 Å². The third-order valence-electron chi connectivity index (χ3n) is 3.87. The van der Waals surface area contributed by atoms with Crippen molar-refractivity contribution in [1.29, 1.82) is 0 Å². The Kier molecular flexibility index (Phi) is 5.56. The van der Waals surface area contributed by atoms with Crippen molar-refractivity contribution < 1.29 is 4.92 Å². The summed E-state index contributed by atoms with van der Waals surface area (Å²) in [7, 11) is 0. The van der Waals surface area contributed by atoms with E-state index in [0.29, 0.717) is 18.3 Å². The molecule has 1 aromatic carbocycles. The van der Waals surface area contributed by atoms with Gasteiger partial charge in [-0.25, -0.2) is 0 Å². The van der Waals surface area contributed by atoms with Crippen LogP contribution >= 0.6 is 0 Å². The van der Waals surface area contributed by atoms with Crippen LogP contribution < -0.4 is 5.32 Å². The molecule has 116 valence electrons. The maximum atomic E-state index is 11.2. The molecular weight excluding hydrogens is 266 g/mol. The summed E-state index contributed by atoms with van der Waals surface area (Å²) >= 11 is 0. The quantitative estimate of drug-likeness (QED) is 0.555. The summed E-state index contributed by atoms with van der Waals surface area (Å²) in [5.74, 6) is 0. The second kappa shape index (κ2) is 7.41. The van der Waals surface area contributed by atoms with Gasteiger partial charge in [-0.1, -0.05) is 19.4 Å². The molecule has 0 spiro atoms. The number of hydrogen-bond acceptors (Lipinski definition) is 4. The fourth-order valence-electron chi connectivity index (χ4n) is 2.59. The van der Waals surface area contributed by atoms with Gasteiger partial charge in [0.05, 0.1) is 4.92 Å². The van der Waals surface area contributed by atoms with E-state index in [1.807, 2.05) is 19.1 Å². The number of nitrogens with zero attached hydrogens (tertiary/aromatic N) is 2. The molecule has 0 heterocycles. The highest BCUT2D eigenvalue weighted by Gasteiger charge is 2.28. The number of nitrogens with one attached hydrogen (secondary N) is 1. The van der Waals surface area contributed by atoms with Gasteiger partial charge >= 0.3 is 0 Å². The average Bonchev–Trinajstić information content (AvgIpc) is 3.29. The van der Waals surface area contributed by atoms with Crippen LogP contribution in [0.3, 0.4) is 0 Å². The SMILES string of the molecule is CCCCN(Cc1ccc(NCC)c([N+](=O)[O-])c1)C1CC1. The van der Waals surface area contributed by atoms with Gasteiger partial charge in [0.1, 0.15) is 5.69 Å². The third-order valence-corrected chi connectivity index (χ3v) is 3.87. The zero-order chi connectivity index (χ0) is 15.2. The van der Waals surface area contributed by atoms with E-state index in [1.165, 1.54) is 25.7 Å². The van der Waals surface area contributed by atoms with Gasteiger partial charge in [-0.2, -0.15) is 0 Å². The monoisotopic (exact) mass is 291 g/mol. The van der Waals surface area contributed by atoms with Gasteiger partial charge in [0.25, 0.3) is 5.69 Å². The number of nitro benzene ring substituents is 1. The first-order chi connectivity index (χ1) is 10.2. The molecule has 1 aliphatic rings. The Morgan fingerprint density at radius 1 is 1.38 bits per heavy atom. The molecule has 0 amide bonds. The third kappa shape index (κ3) is 4.43. The van der Waals surface area contributed by atoms with E-state index in [0.717, 1.165) is 18.7 Å². The van der Waals surface area contributed by atoms with Crippen LogP contribution in [0.15, 0.2) is 18.2 Å². The fourth-order valence-corrected chi connectivity index (χ4v) is 2.59. The van der Waals surface area contributed by atoms with E-state index in [9.17, 15) is 10.1 Å². The van der Waals surface area contributed by atoms with Crippen molar-refractivity contribution in [3.05, 3.63) is 33.9 Å². The molecule has 0 radical (unpaired) electrons. The van der Waals surface area contributed by atoms with Crippen LogP contribution in [-0.4, -0.2) is 29.0 Å². The molecular formula is C16H25N3O2. The van der Waals surface area contributed by atoms with Crippen molar-refractivity contribution in [2.75, 3.05) is 18.4 Å². The van der Waals surface area contributed by atoms with E-state index >= 15 is 0 Å². The number of benzene rings is 1. The second-order valence-electron chi connectivity index (χ2n) is 5.69. The number of rotatable bonds is 9. The molecule has 0 bridgehead atoms. The zero-order valence-electron chi connectivity index (χ0n) is 13.0. The highest BCUT2D eigenvalue weighted by atomic mass is 16.6. The van der Waals surface area contributed by atoms with Crippen molar-refractivity contribution in [2.24, 2.45) is 0 Å². The van der Waals surface area contributed by atoms with E-state index in [2.05, 4.69) is 17.1 Å². The van der Waals surface area contributed by atoms with E-state index in [-0.39, 0.29) is 10.6 Å². The molecule has 1 fully saturated rings. The molecule has 2 rings (SSSR count). The molecule has 0 aromatic heterocycles. The molecule has 1 N–H and O–H groups in total. The Balaban J connectivity index is 2.11. The molecule has 21 heavy (non-hydrogen) atoms. The highest BCUT2D eigenvalue weighted by molar-refractivity contribution is 5.62. The first-order valence-electron chi connectivity index (χ1n) is 7.91. The van der Waals surface area contributed by atoms with E-state index < -0.39 is 0 Å². The number of unbranched alkanes of at least 4 members (excludes halogenated alkanes) is 1. The van der Waals surface area contributed by atoms with E-state index in [4.69, 9.17) is 0 Å². The van der Waals surface area contributed by atoms with Gasteiger partial charge in [-0.3, -0.25) is 15.0 Å². The first-order valence-corrected chi connectivity index (χ1v) is 7.91. The Labute approximate surface area is 126 Å². The smallest absolute Gasteiger partial charge is 0.292 e. The molecule has 0 aliphatic heterocycles. The predicted octanol–water partition coefficient (Wildman–Crippen LogP) is 3.79. The number of nitro groups is 1. The van der Waals surface area contributed by atoms with Gasteiger partial charge in [-0.15, -0.1) is 0 Å². The largest absolute Gasteiger partial charge is 0.380 e. The Morgan fingerprint density at radius 2 is 2.14 bits per heavy atom. The van der Waals surface area contributed by atoms with Crippen LogP contribution in [0, 0.1) is 10.1 Å². The molecule has 1 aromatic rings. The zero-order valence-corrected chi connectivity index (χ0v) is 13.0.